The van der Waals surface area contributed by atoms with Gasteiger partial charge in [-0.2, -0.15) is 11.8 Å². The van der Waals surface area contributed by atoms with E-state index in [0.717, 1.165) is 11.3 Å². The molecule has 0 saturated carbocycles. The number of carbonyl (C=O) groups is 1. The maximum absolute atomic E-state index is 11.1. The molecule has 0 radical (unpaired) electrons. The van der Waals surface area contributed by atoms with Crippen LogP contribution in [0.5, 0.6) is 0 Å². The molecule has 0 unspecified atom stereocenters. The molecule has 1 atom stereocenters. The van der Waals surface area contributed by atoms with Crippen molar-refractivity contribution in [1.82, 2.24) is 5.32 Å². The maximum atomic E-state index is 11.1. The van der Waals surface area contributed by atoms with Gasteiger partial charge in [0.15, 0.2) is 0 Å². The first-order valence-electron chi connectivity index (χ1n) is 6.58. The van der Waals surface area contributed by atoms with Gasteiger partial charge in [0.25, 0.3) is 0 Å². The van der Waals surface area contributed by atoms with Crippen LogP contribution in [0.2, 0.25) is 0 Å². The molecule has 1 aromatic carbocycles. The fourth-order valence-electron chi connectivity index (χ4n) is 1.81. The molecule has 1 rings (SSSR count). The lowest BCUT2D eigenvalue weighted by Crippen LogP contribution is -2.36. The fourth-order valence-corrected chi connectivity index (χ4v) is 2.28. The van der Waals surface area contributed by atoms with E-state index in [1.807, 2.05) is 6.26 Å². The third kappa shape index (κ3) is 5.66. The van der Waals surface area contributed by atoms with Crippen LogP contribution in [-0.4, -0.2) is 29.1 Å². The van der Waals surface area contributed by atoms with Crippen molar-refractivity contribution in [2.45, 2.75) is 38.8 Å². The average molecular weight is 281 g/mol. The summed E-state index contributed by atoms with van der Waals surface area (Å²) in [6.07, 6.45) is 2.64. The van der Waals surface area contributed by atoms with Crippen molar-refractivity contribution in [3.63, 3.8) is 0 Å². The third-order valence-corrected chi connectivity index (χ3v) is 3.75. The number of carboxylic acid groups (broad SMARTS) is 1. The summed E-state index contributed by atoms with van der Waals surface area (Å²) >= 11 is 1.67. The summed E-state index contributed by atoms with van der Waals surface area (Å²) in [7, 11) is 0. The van der Waals surface area contributed by atoms with Crippen LogP contribution < -0.4 is 5.32 Å². The van der Waals surface area contributed by atoms with Gasteiger partial charge in [-0.05, 0) is 35.5 Å². The fraction of sp³-hybridized carbons (Fsp3) is 0.533. The van der Waals surface area contributed by atoms with Gasteiger partial charge in [0.2, 0.25) is 0 Å². The van der Waals surface area contributed by atoms with E-state index < -0.39 is 12.0 Å². The molecule has 0 aliphatic rings. The molecule has 0 heterocycles. The summed E-state index contributed by atoms with van der Waals surface area (Å²) in [5.41, 5.74) is 2.43. The Kier molecular flexibility index (Phi) is 6.95. The van der Waals surface area contributed by atoms with Gasteiger partial charge in [0.05, 0.1) is 0 Å². The van der Waals surface area contributed by atoms with Gasteiger partial charge in [-0.25, -0.2) is 0 Å². The van der Waals surface area contributed by atoms with Crippen LogP contribution in [0.1, 0.15) is 37.3 Å². The highest BCUT2D eigenvalue weighted by atomic mass is 32.2. The topological polar surface area (TPSA) is 49.3 Å². The SMILES string of the molecule is CSCC[C@H](NCc1ccc(C(C)C)cc1)C(=O)O. The molecule has 0 amide bonds. The zero-order valence-electron chi connectivity index (χ0n) is 11.8. The van der Waals surface area contributed by atoms with E-state index in [9.17, 15) is 4.79 Å². The molecule has 1 aromatic rings. The largest absolute Gasteiger partial charge is 0.480 e. The zero-order chi connectivity index (χ0) is 14.3. The molecule has 0 aromatic heterocycles. The number of hydrogen-bond donors (Lipinski definition) is 2. The van der Waals surface area contributed by atoms with Crippen LogP contribution >= 0.6 is 11.8 Å². The Hall–Kier alpha value is -1.00. The molecule has 0 saturated heterocycles. The van der Waals surface area contributed by atoms with Crippen molar-refractivity contribution >= 4 is 17.7 Å². The first-order chi connectivity index (χ1) is 9.04. The average Bonchev–Trinajstić information content (AvgIpc) is 2.39. The van der Waals surface area contributed by atoms with Gasteiger partial charge in [-0.1, -0.05) is 38.1 Å². The van der Waals surface area contributed by atoms with Crippen molar-refractivity contribution in [2.24, 2.45) is 0 Å². The highest BCUT2D eigenvalue weighted by molar-refractivity contribution is 7.98. The zero-order valence-corrected chi connectivity index (χ0v) is 12.7. The summed E-state index contributed by atoms with van der Waals surface area (Å²) in [6.45, 7) is 4.93. The number of nitrogens with one attached hydrogen (secondary N) is 1. The second-order valence-electron chi connectivity index (χ2n) is 4.95. The Morgan fingerprint density at radius 1 is 1.32 bits per heavy atom. The first kappa shape index (κ1) is 16.1. The third-order valence-electron chi connectivity index (χ3n) is 3.11. The van der Waals surface area contributed by atoms with Crippen molar-refractivity contribution in [3.05, 3.63) is 35.4 Å². The summed E-state index contributed by atoms with van der Waals surface area (Å²) in [4.78, 5) is 11.1. The van der Waals surface area contributed by atoms with Gasteiger partial charge >= 0.3 is 5.97 Å². The highest BCUT2D eigenvalue weighted by Crippen LogP contribution is 2.14. The number of thioether (sulfide) groups is 1. The minimum Gasteiger partial charge on any atom is -0.480 e. The Bertz CT molecular complexity index is 390. The second-order valence-corrected chi connectivity index (χ2v) is 5.94. The van der Waals surface area contributed by atoms with E-state index >= 15 is 0 Å². The monoisotopic (exact) mass is 281 g/mol. The van der Waals surface area contributed by atoms with Crippen LogP contribution in [0.25, 0.3) is 0 Å². The molecule has 0 aliphatic carbocycles. The van der Waals surface area contributed by atoms with Crippen LogP contribution in [-0.2, 0) is 11.3 Å². The Morgan fingerprint density at radius 3 is 2.42 bits per heavy atom. The molecule has 3 nitrogen and oxygen atoms in total. The molecule has 2 N–H and O–H groups in total. The van der Waals surface area contributed by atoms with Crippen molar-refractivity contribution in [3.8, 4) is 0 Å². The van der Waals surface area contributed by atoms with Crippen LogP contribution in [0.3, 0.4) is 0 Å². The molecular weight excluding hydrogens is 258 g/mol. The second kappa shape index (κ2) is 8.23. The van der Waals surface area contributed by atoms with Gasteiger partial charge < -0.3 is 10.4 Å². The van der Waals surface area contributed by atoms with Crippen LogP contribution in [0, 0.1) is 0 Å². The van der Waals surface area contributed by atoms with Crippen molar-refractivity contribution in [2.75, 3.05) is 12.0 Å². The lowest BCUT2D eigenvalue weighted by atomic mass is 10.0. The summed E-state index contributed by atoms with van der Waals surface area (Å²) in [6, 6.07) is 7.89. The van der Waals surface area contributed by atoms with Gasteiger partial charge in [0, 0.05) is 6.54 Å². The van der Waals surface area contributed by atoms with Crippen molar-refractivity contribution in [1.29, 1.82) is 0 Å². The van der Waals surface area contributed by atoms with E-state index in [4.69, 9.17) is 5.11 Å². The maximum Gasteiger partial charge on any atom is 0.320 e. The standard InChI is InChI=1S/C15H23NO2S/c1-11(2)13-6-4-12(5-7-13)10-16-14(15(17)18)8-9-19-3/h4-7,11,14,16H,8-10H2,1-3H3,(H,17,18)/t14-/m0/s1. The van der Waals surface area contributed by atoms with Gasteiger partial charge in [0.1, 0.15) is 6.04 Å². The number of hydrogen-bond acceptors (Lipinski definition) is 3. The van der Waals surface area contributed by atoms with E-state index in [2.05, 4.69) is 43.4 Å². The Balaban J connectivity index is 2.51. The predicted molar refractivity (Wildman–Crippen MR) is 81.8 cm³/mol. The lowest BCUT2D eigenvalue weighted by molar-refractivity contribution is -0.139. The number of aliphatic carboxylic acids is 1. The molecular formula is C15H23NO2S. The summed E-state index contributed by atoms with van der Waals surface area (Å²) in [5, 5.41) is 12.2. The smallest absolute Gasteiger partial charge is 0.320 e. The van der Waals surface area contributed by atoms with Gasteiger partial charge in [-0.15, -0.1) is 0 Å². The van der Waals surface area contributed by atoms with E-state index in [0.29, 0.717) is 18.9 Å². The molecule has 4 heteroatoms. The van der Waals surface area contributed by atoms with Gasteiger partial charge in [-0.3, -0.25) is 4.79 Å². The summed E-state index contributed by atoms with van der Waals surface area (Å²) < 4.78 is 0. The van der Waals surface area contributed by atoms with E-state index in [-0.39, 0.29) is 0 Å². The Morgan fingerprint density at radius 2 is 1.95 bits per heavy atom. The highest BCUT2D eigenvalue weighted by Gasteiger charge is 2.15. The lowest BCUT2D eigenvalue weighted by Gasteiger charge is -2.14. The molecule has 0 aliphatic heterocycles. The van der Waals surface area contributed by atoms with E-state index in [1.165, 1.54) is 5.56 Å². The molecule has 106 valence electrons. The molecule has 0 fully saturated rings. The van der Waals surface area contributed by atoms with Crippen molar-refractivity contribution < 1.29 is 9.90 Å². The number of rotatable bonds is 8. The van der Waals surface area contributed by atoms with Crippen LogP contribution in [0.15, 0.2) is 24.3 Å². The predicted octanol–water partition coefficient (Wildman–Crippen LogP) is 3.11. The molecule has 0 bridgehead atoms. The van der Waals surface area contributed by atoms with Crippen LogP contribution in [0.4, 0.5) is 0 Å². The summed E-state index contributed by atoms with van der Waals surface area (Å²) in [5.74, 6) is 0.610. The first-order valence-corrected chi connectivity index (χ1v) is 7.98. The number of carboxylic acids is 1. The molecule has 19 heavy (non-hydrogen) atoms. The molecule has 0 spiro atoms. The minimum atomic E-state index is -0.771. The van der Waals surface area contributed by atoms with E-state index in [1.54, 1.807) is 11.8 Å². The minimum absolute atomic E-state index is 0.461. The number of benzene rings is 1. The Labute approximate surface area is 119 Å². The normalized spacial score (nSPS) is 12.6. The quantitative estimate of drug-likeness (QED) is 0.768.